The summed E-state index contributed by atoms with van der Waals surface area (Å²) in [7, 11) is 0. The summed E-state index contributed by atoms with van der Waals surface area (Å²) < 4.78 is 12.3. The summed E-state index contributed by atoms with van der Waals surface area (Å²) in [4.78, 5) is 9.54. The molecule has 0 unspecified atom stereocenters. The molecule has 1 fully saturated rings. The Morgan fingerprint density at radius 1 is 1.11 bits per heavy atom. The molecule has 1 aromatic carbocycles. The molecule has 7 nitrogen and oxygen atoms in total. The first-order chi connectivity index (χ1) is 13.3. The molecule has 0 amide bonds. The predicted octanol–water partition coefficient (Wildman–Crippen LogP) is 4.44. The van der Waals surface area contributed by atoms with Gasteiger partial charge in [0.15, 0.2) is 5.65 Å². The van der Waals surface area contributed by atoms with Crippen molar-refractivity contribution in [3.05, 3.63) is 42.7 Å². The lowest BCUT2D eigenvalue weighted by Gasteiger charge is -2.09. The molecule has 1 aliphatic carbocycles. The molecular weight excluding hydrogens is 360 g/mol. The van der Waals surface area contributed by atoms with Crippen LogP contribution in [0.4, 0.5) is 5.82 Å². The zero-order valence-electron chi connectivity index (χ0n) is 14.6. The summed E-state index contributed by atoms with van der Waals surface area (Å²) in [6, 6.07) is 11.9. The zero-order valence-corrected chi connectivity index (χ0v) is 15.4. The van der Waals surface area contributed by atoms with Crippen LogP contribution in [-0.2, 0) is 0 Å². The molecule has 0 atom stereocenters. The summed E-state index contributed by atoms with van der Waals surface area (Å²) >= 11 is 1.34. The first-order valence-electron chi connectivity index (χ1n) is 8.98. The van der Waals surface area contributed by atoms with Gasteiger partial charge in [0.25, 0.3) is 0 Å². The number of para-hydroxylation sites is 1. The van der Waals surface area contributed by atoms with E-state index in [1.54, 1.807) is 0 Å². The fraction of sp³-hybridized carbons (Fsp3) is 0.263. The van der Waals surface area contributed by atoms with Gasteiger partial charge in [0, 0.05) is 6.07 Å². The maximum absolute atomic E-state index is 6.19. The third-order valence-electron chi connectivity index (χ3n) is 4.88. The maximum atomic E-state index is 6.19. The second-order valence-corrected chi connectivity index (χ2v) is 7.44. The number of aromatic nitrogens is 5. The molecular formula is C19H18N6OS. The van der Waals surface area contributed by atoms with E-state index in [-0.39, 0.29) is 0 Å². The number of nitrogen functional groups attached to an aromatic ring is 1. The molecule has 0 radical (unpaired) electrons. The SMILES string of the molecule is Nc1ncnc2c1c(-c1cc(Oc3ccccc3)ns1)nn2C1CCCC1. The molecule has 3 heterocycles. The predicted molar refractivity (Wildman–Crippen MR) is 105 cm³/mol. The number of hydrogen-bond donors (Lipinski definition) is 1. The maximum Gasteiger partial charge on any atom is 0.231 e. The van der Waals surface area contributed by atoms with E-state index in [0.717, 1.165) is 40.2 Å². The summed E-state index contributed by atoms with van der Waals surface area (Å²) in [6.45, 7) is 0. The minimum absolute atomic E-state index is 0.364. The van der Waals surface area contributed by atoms with Gasteiger partial charge in [-0.05, 0) is 36.5 Å². The van der Waals surface area contributed by atoms with Crippen LogP contribution < -0.4 is 10.5 Å². The van der Waals surface area contributed by atoms with Crippen molar-refractivity contribution in [3.8, 4) is 22.2 Å². The van der Waals surface area contributed by atoms with E-state index in [4.69, 9.17) is 15.6 Å². The molecule has 0 saturated heterocycles. The quantitative estimate of drug-likeness (QED) is 0.564. The number of fused-ring (bicyclic) bond motifs is 1. The molecule has 8 heteroatoms. The molecule has 3 aromatic heterocycles. The summed E-state index contributed by atoms with van der Waals surface area (Å²) in [5.74, 6) is 1.73. The Hall–Kier alpha value is -3.00. The van der Waals surface area contributed by atoms with Gasteiger partial charge in [0.1, 0.15) is 23.6 Å². The van der Waals surface area contributed by atoms with Crippen molar-refractivity contribution in [3.63, 3.8) is 0 Å². The van der Waals surface area contributed by atoms with Gasteiger partial charge in [-0.1, -0.05) is 31.0 Å². The van der Waals surface area contributed by atoms with Crippen LogP contribution in [-0.4, -0.2) is 24.1 Å². The van der Waals surface area contributed by atoms with Gasteiger partial charge in [-0.15, -0.1) is 0 Å². The normalized spacial score (nSPS) is 14.8. The van der Waals surface area contributed by atoms with Crippen LogP contribution >= 0.6 is 11.5 Å². The standard InChI is InChI=1S/C19H18N6OS/c20-18-16-17(14-10-15(24-27-14)26-13-8-2-1-3-9-13)23-25(12-6-4-5-7-12)19(16)22-11-21-18/h1-3,8-12H,4-7H2,(H2,20,21,22). The van der Waals surface area contributed by atoms with E-state index in [1.807, 2.05) is 41.1 Å². The summed E-state index contributed by atoms with van der Waals surface area (Å²) in [5.41, 5.74) is 7.75. The Morgan fingerprint density at radius 3 is 2.74 bits per heavy atom. The topological polar surface area (TPSA) is 91.7 Å². The van der Waals surface area contributed by atoms with Crippen LogP contribution in [0.3, 0.4) is 0 Å². The van der Waals surface area contributed by atoms with Gasteiger partial charge < -0.3 is 10.5 Å². The van der Waals surface area contributed by atoms with E-state index >= 15 is 0 Å². The van der Waals surface area contributed by atoms with Crippen molar-refractivity contribution in [1.29, 1.82) is 0 Å². The monoisotopic (exact) mass is 378 g/mol. The second kappa shape index (κ2) is 6.62. The van der Waals surface area contributed by atoms with Gasteiger partial charge in [-0.25, -0.2) is 14.6 Å². The third kappa shape index (κ3) is 2.91. The van der Waals surface area contributed by atoms with Gasteiger partial charge in [0.05, 0.1) is 16.3 Å². The highest BCUT2D eigenvalue weighted by molar-refractivity contribution is 7.09. The smallest absolute Gasteiger partial charge is 0.231 e. The van der Waals surface area contributed by atoms with Crippen LogP contribution in [0.1, 0.15) is 31.7 Å². The first-order valence-corrected chi connectivity index (χ1v) is 9.75. The molecule has 1 aliphatic rings. The van der Waals surface area contributed by atoms with E-state index < -0.39 is 0 Å². The minimum Gasteiger partial charge on any atom is -0.438 e. The molecule has 2 N–H and O–H groups in total. The molecule has 4 aromatic rings. The van der Waals surface area contributed by atoms with E-state index in [0.29, 0.717) is 17.7 Å². The lowest BCUT2D eigenvalue weighted by molar-refractivity contribution is 0.469. The average Bonchev–Trinajstić information content (AvgIpc) is 3.42. The van der Waals surface area contributed by atoms with Crippen LogP contribution in [0.25, 0.3) is 21.6 Å². The molecule has 27 heavy (non-hydrogen) atoms. The lowest BCUT2D eigenvalue weighted by atomic mass is 10.2. The van der Waals surface area contributed by atoms with Crippen molar-refractivity contribution in [2.45, 2.75) is 31.7 Å². The van der Waals surface area contributed by atoms with Gasteiger partial charge in [-0.2, -0.15) is 9.47 Å². The zero-order chi connectivity index (χ0) is 18.2. The fourth-order valence-electron chi connectivity index (χ4n) is 3.60. The van der Waals surface area contributed by atoms with Crippen molar-refractivity contribution >= 4 is 28.4 Å². The number of hydrogen-bond acceptors (Lipinski definition) is 7. The van der Waals surface area contributed by atoms with E-state index in [1.165, 1.54) is 30.7 Å². The van der Waals surface area contributed by atoms with Crippen molar-refractivity contribution < 1.29 is 4.74 Å². The highest BCUT2D eigenvalue weighted by Gasteiger charge is 2.25. The van der Waals surface area contributed by atoms with Crippen LogP contribution in [0.2, 0.25) is 0 Å². The minimum atomic E-state index is 0.364. The average molecular weight is 378 g/mol. The molecule has 136 valence electrons. The molecule has 0 bridgehead atoms. The molecule has 5 rings (SSSR count). The number of benzene rings is 1. The first kappa shape index (κ1) is 16.2. The Morgan fingerprint density at radius 2 is 1.93 bits per heavy atom. The van der Waals surface area contributed by atoms with E-state index in [9.17, 15) is 0 Å². The number of ether oxygens (including phenoxy) is 1. The van der Waals surface area contributed by atoms with Gasteiger partial charge in [-0.3, -0.25) is 0 Å². The van der Waals surface area contributed by atoms with Crippen molar-refractivity contribution in [1.82, 2.24) is 24.1 Å². The molecule has 0 aliphatic heterocycles. The summed E-state index contributed by atoms with van der Waals surface area (Å²) in [6.07, 6.45) is 6.18. The van der Waals surface area contributed by atoms with Crippen molar-refractivity contribution in [2.75, 3.05) is 5.73 Å². The van der Waals surface area contributed by atoms with Crippen LogP contribution in [0.15, 0.2) is 42.7 Å². The van der Waals surface area contributed by atoms with Gasteiger partial charge >= 0.3 is 0 Å². The Balaban J connectivity index is 1.57. The van der Waals surface area contributed by atoms with E-state index in [2.05, 4.69) is 14.3 Å². The fourth-order valence-corrected chi connectivity index (χ4v) is 4.26. The Bertz CT molecular complexity index is 1080. The third-order valence-corrected chi connectivity index (χ3v) is 5.66. The summed E-state index contributed by atoms with van der Waals surface area (Å²) in [5, 5.41) is 5.66. The lowest BCUT2D eigenvalue weighted by Crippen LogP contribution is -2.07. The van der Waals surface area contributed by atoms with Crippen LogP contribution in [0, 0.1) is 0 Å². The Kier molecular flexibility index (Phi) is 3.97. The highest BCUT2D eigenvalue weighted by Crippen LogP contribution is 2.39. The van der Waals surface area contributed by atoms with Crippen molar-refractivity contribution in [2.24, 2.45) is 0 Å². The number of anilines is 1. The number of rotatable bonds is 4. The van der Waals surface area contributed by atoms with Crippen LogP contribution in [0.5, 0.6) is 11.6 Å². The highest BCUT2D eigenvalue weighted by atomic mass is 32.1. The Labute approximate surface area is 160 Å². The van der Waals surface area contributed by atoms with Gasteiger partial charge in [0.2, 0.25) is 5.88 Å². The largest absolute Gasteiger partial charge is 0.438 e. The number of nitrogens with zero attached hydrogens (tertiary/aromatic N) is 5. The second-order valence-electron chi connectivity index (χ2n) is 6.63. The molecule has 1 saturated carbocycles. The molecule has 0 spiro atoms. The number of nitrogens with two attached hydrogens (primary N) is 1.